The van der Waals surface area contributed by atoms with Crippen LogP contribution in [0.15, 0.2) is 65.6 Å². The molecule has 0 spiro atoms. The zero-order valence-electron chi connectivity index (χ0n) is 17.8. The largest absolute Gasteiger partial charge is 0.350 e. The van der Waals surface area contributed by atoms with Gasteiger partial charge in [-0.3, -0.25) is 4.79 Å². The fraction of sp³-hybridized carbons (Fsp3) is 0.435. The number of nitrogens with one attached hydrogen (secondary N) is 2. The average Bonchev–Trinajstić information content (AvgIpc) is 2.80. The van der Waals surface area contributed by atoms with Crippen molar-refractivity contribution in [3.05, 3.63) is 66.2 Å². The second kappa shape index (κ2) is 10.2. The van der Waals surface area contributed by atoms with E-state index in [1.54, 1.807) is 24.3 Å². The summed E-state index contributed by atoms with van der Waals surface area (Å²) < 4.78 is 27.1. The van der Waals surface area contributed by atoms with Crippen LogP contribution in [0.5, 0.6) is 0 Å². The van der Waals surface area contributed by atoms with E-state index in [0.29, 0.717) is 43.5 Å². The van der Waals surface area contributed by atoms with E-state index >= 15 is 0 Å². The summed E-state index contributed by atoms with van der Waals surface area (Å²) in [5.74, 6) is 0.323. The van der Waals surface area contributed by atoms with Crippen LogP contribution in [0.1, 0.15) is 31.7 Å². The lowest BCUT2D eigenvalue weighted by Crippen LogP contribution is -3.19. The van der Waals surface area contributed by atoms with Crippen LogP contribution in [0.3, 0.4) is 0 Å². The van der Waals surface area contributed by atoms with Gasteiger partial charge in [-0.2, -0.15) is 4.31 Å². The molecule has 1 saturated heterocycles. The topological polar surface area (TPSA) is 70.9 Å². The fourth-order valence-electron chi connectivity index (χ4n) is 3.97. The first-order valence-electron chi connectivity index (χ1n) is 10.7. The minimum Gasteiger partial charge on any atom is -0.350 e. The van der Waals surface area contributed by atoms with Crippen LogP contribution < -0.4 is 10.2 Å². The Bertz CT molecular complexity index is 911. The van der Waals surface area contributed by atoms with Crippen molar-refractivity contribution < 1.29 is 18.1 Å². The first-order valence-corrected chi connectivity index (χ1v) is 12.1. The smallest absolute Gasteiger partial charge is 0.278 e. The van der Waals surface area contributed by atoms with Gasteiger partial charge in [-0.05, 0) is 31.0 Å². The van der Waals surface area contributed by atoms with Gasteiger partial charge in [-0.25, -0.2) is 8.42 Å². The molecule has 0 bridgehead atoms. The molecule has 1 heterocycles. The van der Waals surface area contributed by atoms with Gasteiger partial charge in [0.05, 0.1) is 31.1 Å². The van der Waals surface area contributed by atoms with Gasteiger partial charge < -0.3 is 10.2 Å². The van der Waals surface area contributed by atoms with Crippen LogP contribution in [0, 0.1) is 0 Å². The van der Waals surface area contributed by atoms with Gasteiger partial charge in [0.1, 0.15) is 0 Å². The SMILES string of the molecule is CC[C@@H](CNC(=O)[C@@H](C)[NH+]1CCN(S(=O)(=O)c2ccccc2)CC1)c1ccccc1. The van der Waals surface area contributed by atoms with E-state index in [-0.39, 0.29) is 11.9 Å². The molecule has 7 heteroatoms. The summed E-state index contributed by atoms with van der Waals surface area (Å²) in [6.07, 6.45) is 0.960. The molecule has 2 N–H and O–H groups in total. The number of nitrogens with zero attached hydrogens (tertiary/aromatic N) is 1. The number of amides is 1. The Labute approximate surface area is 179 Å². The maximum absolute atomic E-state index is 12.8. The maximum Gasteiger partial charge on any atom is 0.278 e. The van der Waals surface area contributed by atoms with Crippen LogP contribution in [0.4, 0.5) is 0 Å². The number of quaternary nitrogens is 1. The van der Waals surface area contributed by atoms with Crippen LogP contribution in [0.2, 0.25) is 0 Å². The highest BCUT2D eigenvalue weighted by atomic mass is 32.2. The Morgan fingerprint density at radius 2 is 1.60 bits per heavy atom. The van der Waals surface area contributed by atoms with Crippen molar-refractivity contribution in [3.63, 3.8) is 0 Å². The summed E-state index contributed by atoms with van der Waals surface area (Å²) in [6, 6.07) is 18.6. The second-order valence-corrected chi connectivity index (χ2v) is 9.80. The molecular formula is C23H32N3O3S+. The molecule has 162 valence electrons. The van der Waals surface area contributed by atoms with Crippen molar-refractivity contribution in [1.29, 1.82) is 0 Å². The predicted molar refractivity (Wildman–Crippen MR) is 118 cm³/mol. The molecule has 1 fully saturated rings. The lowest BCUT2D eigenvalue weighted by Gasteiger charge is -2.34. The molecule has 2 aromatic rings. The third kappa shape index (κ3) is 5.28. The minimum atomic E-state index is -3.47. The molecule has 2 aromatic carbocycles. The Morgan fingerprint density at radius 3 is 2.17 bits per heavy atom. The number of carbonyl (C=O) groups excluding carboxylic acids is 1. The maximum atomic E-state index is 12.8. The van der Waals surface area contributed by atoms with Crippen LogP contribution in [-0.2, 0) is 14.8 Å². The van der Waals surface area contributed by atoms with Crippen LogP contribution in [-0.4, -0.2) is 57.4 Å². The van der Waals surface area contributed by atoms with Crippen molar-refractivity contribution in [1.82, 2.24) is 9.62 Å². The second-order valence-electron chi connectivity index (χ2n) is 7.86. The number of hydrogen-bond acceptors (Lipinski definition) is 3. The Balaban J connectivity index is 1.52. The molecule has 6 nitrogen and oxygen atoms in total. The fourth-order valence-corrected chi connectivity index (χ4v) is 5.44. The van der Waals surface area contributed by atoms with E-state index in [2.05, 4.69) is 24.4 Å². The van der Waals surface area contributed by atoms with Gasteiger partial charge in [0, 0.05) is 12.5 Å². The van der Waals surface area contributed by atoms with Gasteiger partial charge in [0.25, 0.3) is 5.91 Å². The Kier molecular flexibility index (Phi) is 7.64. The molecule has 0 aliphatic carbocycles. The number of benzene rings is 2. The molecular weight excluding hydrogens is 398 g/mol. The predicted octanol–water partition coefficient (Wildman–Crippen LogP) is 1.27. The first kappa shape index (κ1) is 22.5. The number of hydrogen-bond donors (Lipinski definition) is 2. The average molecular weight is 431 g/mol. The summed E-state index contributed by atoms with van der Waals surface area (Å²) in [4.78, 5) is 14.2. The van der Waals surface area contributed by atoms with Crippen molar-refractivity contribution >= 4 is 15.9 Å². The zero-order valence-corrected chi connectivity index (χ0v) is 18.6. The van der Waals surface area contributed by atoms with Crippen molar-refractivity contribution in [2.24, 2.45) is 0 Å². The Morgan fingerprint density at radius 1 is 1.03 bits per heavy atom. The van der Waals surface area contributed by atoms with Gasteiger partial charge in [0.15, 0.2) is 6.04 Å². The van der Waals surface area contributed by atoms with Crippen molar-refractivity contribution in [2.45, 2.75) is 37.1 Å². The van der Waals surface area contributed by atoms with E-state index < -0.39 is 10.0 Å². The molecule has 30 heavy (non-hydrogen) atoms. The molecule has 0 saturated carbocycles. The van der Waals surface area contributed by atoms with Crippen LogP contribution >= 0.6 is 0 Å². The number of carbonyl (C=O) groups is 1. The van der Waals surface area contributed by atoms with Gasteiger partial charge in [-0.15, -0.1) is 0 Å². The molecule has 1 aliphatic heterocycles. The molecule has 3 rings (SSSR count). The molecule has 0 aromatic heterocycles. The van der Waals surface area contributed by atoms with Gasteiger partial charge in [-0.1, -0.05) is 55.5 Å². The molecule has 0 radical (unpaired) electrons. The standard InChI is InChI=1S/C23H31N3O3S/c1-3-20(21-10-6-4-7-11-21)18-24-23(27)19(2)25-14-16-26(17-15-25)30(28,29)22-12-8-5-9-13-22/h4-13,19-20H,3,14-18H2,1-2H3,(H,24,27)/p+1/t19-,20+/m1/s1. The van der Waals surface area contributed by atoms with E-state index in [4.69, 9.17) is 0 Å². The van der Waals surface area contributed by atoms with Crippen molar-refractivity contribution in [2.75, 3.05) is 32.7 Å². The summed E-state index contributed by atoms with van der Waals surface area (Å²) in [7, 11) is -3.47. The monoisotopic (exact) mass is 430 g/mol. The lowest BCUT2D eigenvalue weighted by atomic mass is 9.96. The first-order chi connectivity index (χ1) is 14.4. The van der Waals surface area contributed by atoms with Crippen molar-refractivity contribution in [3.8, 4) is 0 Å². The normalized spacial score (nSPS) is 17.9. The summed E-state index contributed by atoms with van der Waals surface area (Å²) in [5, 5.41) is 3.10. The lowest BCUT2D eigenvalue weighted by molar-refractivity contribution is -0.917. The quantitative estimate of drug-likeness (QED) is 0.663. The third-order valence-corrected chi connectivity index (χ3v) is 7.95. The van der Waals surface area contributed by atoms with Gasteiger partial charge >= 0.3 is 0 Å². The highest BCUT2D eigenvalue weighted by Crippen LogP contribution is 2.18. The summed E-state index contributed by atoms with van der Waals surface area (Å²) >= 11 is 0. The number of rotatable bonds is 8. The van der Waals surface area contributed by atoms with E-state index in [1.807, 2.05) is 31.2 Å². The Hall–Kier alpha value is -2.22. The van der Waals surface area contributed by atoms with Crippen LogP contribution in [0.25, 0.3) is 0 Å². The number of sulfonamides is 1. The third-order valence-electron chi connectivity index (χ3n) is 6.04. The molecule has 0 unspecified atom stereocenters. The molecule has 1 aliphatic rings. The number of piperazine rings is 1. The minimum absolute atomic E-state index is 0.0266. The summed E-state index contributed by atoms with van der Waals surface area (Å²) in [6.45, 7) is 6.76. The van der Waals surface area contributed by atoms with E-state index in [0.717, 1.165) is 11.3 Å². The summed E-state index contributed by atoms with van der Waals surface area (Å²) in [5.41, 5.74) is 1.24. The highest BCUT2D eigenvalue weighted by Gasteiger charge is 2.34. The molecule has 1 amide bonds. The van der Waals surface area contributed by atoms with E-state index in [9.17, 15) is 13.2 Å². The highest BCUT2D eigenvalue weighted by molar-refractivity contribution is 7.89. The van der Waals surface area contributed by atoms with Gasteiger partial charge in [0.2, 0.25) is 10.0 Å². The molecule has 2 atom stereocenters. The van der Waals surface area contributed by atoms with E-state index in [1.165, 1.54) is 9.87 Å². The zero-order chi connectivity index (χ0) is 21.6.